The van der Waals surface area contributed by atoms with Crippen molar-refractivity contribution >= 4 is 84.4 Å². The van der Waals surface area contributed by atoms with E-state index >= 15 is 0 Å². The number of aromatic nitrogens is 2. The van der Waals surface area contributed by atoms with E-state index in [1.165, 1.54) is 177 Å². The van der Waals surface area contributed by atoms with Crippen LogP contribution in [0.5, 0.6) is 0 Å². The molecule has 0 fully saturated rings. The van der Waals surface area contributed by atoms with Crippen molar-refractivity contribution in [2.45, 2.75) is 44.9 Å². The Morgan fingerprint density at radius 3 is 1.10 bits per heavy atom. The monoisotopic (exact) mass is 1340 g/mol. The molecule has 0 N–H and O–H groups in total. The number of hydrogen-bond acceptors (Lipinski definition) is 0. The van der Waals surface area contributed by atoms with E-state index in [2.05, 4.69) is 407 Å². The van der Waals surface area contributed by atoms with E-state index < -0.39 is 0 Å². The number of hydrogen-bond donors (Lipinski definition) is 0. The highest BCUT2D eigenvalue weighted by Gasteiger charge is 2.38. The number of allylic oxidation sites excluding steroid dienone is 9. The molecule has 498 valence electrons. The summed E-state index contributed by atoms with van der Waals surface area (Å²) in [5.41, 5.74) is 35.3. The molecule has 0 spiro atoms. The van der Waals surface area contributed by atoms with Crippen molar-refractivity contribution in [1.29, 1.82) is 0 Å². The van der Waals surface area contributed by atoms with Gasteiger partial charge in [0, 0.05) is 37.8 Å². The molecule has 2 heterocycles. The molecule has 0 amide bonds. The van der Waals surface area contributed by atoms with Crippen LogP contribution in [-0.4, -0.2) is 9.13 Å². The van der Waals surface area contributed by atoms with E-state index in [9.17, 15) is 0 Å². The number of benzene rings is 14. The van der Waals surface area contributed by atoms with Crippen LogP contribution in [0.2, 0.25) is 0 Å². The van der Waals surface area contributed by atoms with Crippen molar-refractivity contribution in [3.8, 4) is 83.6 Å². The van der Waals surface area contributed by atoms with Crippen LogP contribution in [0.15, 0.2) is 352 Å². The van der Waals surface area contributed by atoms with E-state index in [0.717, 1.165) is 23.3 Å². The molecule has 2 aromatic heterocycles. The molecule has 19 rings (SSSR count). The first kappa shape index (κ1) is 63.1. The first-order valence-corrected chi connectivity index (χ1v) is 36.8. The summed E-state index contributed by atoms with van der Waals surface area (Å²) in [7, 11) is 0. The Hall–Kier alpha value is -12.9. The van der Waals surface area contributed by atoms with E-state index in [4.69, 9.17) is 0 Å². The third-order valence-electron chi connectivity index (χ3n) is 22.7. The van der Waals surface area contributed by atoms with Crippen molar-refractivity contribution in [2.75, 3.05) is 0 Å². The second-order valence-electron chi connectivity index (χ2n) is 29.6. The Morgan fingerprint density at radius 1 is 0.295 bits per heavy atom. The van der Waals surface area contributed by atoms with E-state index in [1.54, 1.807) is 0 Å². The molecule has 2 nitrogen and oxygen atoms in total. The maximum Gasteiger partial charge on any atom is 0.0541 e. The van der Waals surface area contributed by atoms with E-state index in [1.807, 2.05) is 0 Å². The fourth-order valence-electron chi connectivity index (χ4n) is 17.0. The standard InChI is InChI=1S/C103H76N2/c1-67-19-10-8-6-7-9-11-25-96(67)104-98-26-16-14-23-88(98)90-61-77(53-59-100(90)104)72-41-33-68(34-42-72)29-31-70-37-45-74(46-38-70)79-49-55-84-86-57-51-81(65-94(86)102(2,3)92(84)63-79)82-52-58-87-85-56-50-80(64-93(85)103(4,5)95(87)66-82)75-47-39-71(40-48-75)32-30-69-35-43-73(44-36-69)78-54-60-101-91(62-78)89-24-15-17-27-99(89)105(101)97-28-18-21-76-20-12-13-22-83(76)97/h6,8-66H,1,7H2,2-5H3/b8-6-,11-9-,19-10-,31-29+,32-30+,96-25+. The van der Waals surface area contributed by atoms with Gasteiger partial charge in [-0.25, -0.2) is 0 Å². The first-order chi connectivity index (χ1) is 51.4. The van der Waals surface area contributed by atoms with Crippen LogP contribution in [-0.2, 0) is 10.8 Å². The average Bonchev–Trinajstić information content (AvgIpc) is 1.59. The quantitative estimate of drug-likeness (QED) is 0.114. The Morgan fingerprint density at radius 2 is 0.638 bits per heavy atom. The van der Waals surface area contributed by atoms with Gasteiger partial charge in [-0.1, -0.05) is 326 Å². The molecule has 0 bridgehead atoms. The van der Waals surface area contributed by atoms with Gasteiger partial charge < -0.3 is 9.13 Å². The van der Waals surface area contributed by atoms with Gasteiger partial charge in [0.2, 0.25) is 0 Å². The summed E-state index contributed by atoms with van der Waals surface area (Å²) >= 11 is 0. The Balaban J connectivity index is 0.509. The maximum absolute atomic E-state index is 4.48. The van der Waals surface area contributed by atoms with Crippen molar-refractivity contribution < 1.29 is 0 Å². The summed E-state index contributed by atoms with van der Waals surface area (Å²) < 4.78 is 4.78. The molecular formula is C103H76N2. The molecule has 3 aliphatic carbocycles. The lowest BCUT2D eigenvalue weighted by Crippen LogP contribution is -2.15. The molecule has 0 aliphatic heterocycles. The van der Waals surface area contributed by atoms with E-state index in [0.29, 0.717) is 0 Å². The highest BCUT2D eigenvalue weighted by molar-refractivity contribution is 6.13. The van der Waals surface area contributed by atoms with Crippen LogP contribution in [0.4, 0.5) is 0 Å². The van der Waals surface area contributed by atoms with Crippen molar-refractivity contribution in [3.63, 3.8) is 0 Å². The highest BCUT2D eigenvalue weighted by Crippen LogP contribution is 2.54. The van der Waals surface area contributed by atoms with Gasteiger partial charge in [-0.05, 0) is 213 Å². The fourth-order valence-corrected chi connectivity index (χ4v) is 17.0. The molecule has 14 aromatic carbocycles. The molecular weight excluding hydrogens is 1270 g/mol. The Labute approximate surface area is 614 Å². The number of rotatable bonds is 11. The third kappa shape index (κ3) is 10.9. The number of nitrogens with zero attached hydrogens (tertiary/aromatic N) is 2. The number of para-hydroxylation sites is 2. The highest BCUT2D eigenvalue weighted by atomic mass is 15.0. The minimum Gasteiger partial charge on any atom is -0.309 e. The lowest BCUT2D eigenvalue weighted by molar-refractivity contribution is 0.660. The Kier molecular flexibility index (Phi) is 15.2. The van der Waals surface area contributed by atoms with Gasteiger partial charge in [-0.3, -0.25) is 0 Å². The normalized spacial score (nSPS) is 15.7. The molecule has 0 radical (unpaired) electrons. The van der Waals surface area contributed by atoms with Crippen LogP contribution >= 0.6 is 0 Å². The van der Waals surface area contributed by atoms with Gasteiger partial charge >= 0.3 is 0 Å². The molecule has 0 atom stereocenters. The van der Waals surface area contributed by atoms with Gasteiger partial charge in [-0.15, -0.1) is 0 Å². The molecule has 16 aromatic rings. The first-order valence-electron chi connectivity index (χ1n) is 36.8. The van der Waals surface area contributed by atoms with Crippen LogP contribution in [0, 0.1) is 0 Å². The summed E-state index contributed by atoms with van der Waals surface area (Å²) in [4.78, 5) is 0. The summed E-state index contributed by atoms with van der Waals surface area (Å²) in [6.07, 6.45) is 24.7. The fraction of sp³-hybridized carbons (Fsp3) is 0.0680. The summed E-state index contributed by atoms with van der Waals surface area (Å²) in [5.74, 6) is 0. The lowest BCUT2D eigenvalue weighted by Gasteiger charge is -2.24. The molecule has 0 unspecified atom stereocenters. The van der Waals surface area contributed by atoms with Crippen LogP contribution in [0.3, 0.4) is 0 Å². The summed E-state index contributed by atoms with van der Waals surface area (Å²) in [6, 6.07) is 111. The summed E-state index contributed by atoms with van der Waals surface area (Å²) in [6.45, 7) is 14.1. The molecule has 0 saturated heterocycles. The summed E-state index contributed by atoms with van der Waals surface area (Å²) in [5, 5.41) is 7.46. The van der Waals surface area contributed by atoms with Crippen molar-refractivity contribution in [2.24, 2.45) is 0 Å². The molecule has 2 heteroatoms. The van der Waals surface area contributed by atoms with Gasteiger partial charge in [0.15, 0.2) is 0 Å². The average molecular weight is 1340 g/mol. The molecule has 0 saturated carbocycles. The number of fused-ring (bicyclic) bond motifs is 13. The van der Waals surface area contributed by atoms with Gasteiger partial charge in [0.05, 0.1) is 33.5 Å². The van der Waals surface area contributed by atoms with Gasteiger partial charge in [0.25, 0.3) is 0 Å². The van der Waals surface area contributed by atoms with Crippen molar-refractivity contribution in [1.82, 2.24) is 9.13 Å². The minimum atomic E-state index is -0.176. The van der Waals surface area contributed by atoms with E-state index in [-0.39, 0.29) is 10.8 Å². The lowest BCUT2D eigenvalue weighted by atomic mass is 9.79. The predicted molar refractivity (Wildman–Crippen MR) is 450 cm³/mol. The minimum absolute atomic E-state index is 0.175. The van der Waals surface area contributed by atoms with Crippen LogP contribution in [0.1, 0.15) is 78.6 Å². The van der Waals surface area contributed by atoms with Crippen LogP contribution < -0.4 is 0 Å². The molecule has 3 aliphatic rings. The molecule has 105 heavy (non-hydrogen) atoms. The van der Waals surface area contributed by atoms with Gasteiger partial charge in [0.1, 0.15) is 0 Å². The van der Waals surface area contributed by atoms with Crippen LogP contribution in [0.25, 0.3) is 168 Å². The second-order valence-corrected chi connectivity index (χ2v) is 29.6. The maximum atomic E-state index is 4.48. The third-order valence-corrected chi connectivity index (χ3v) is 22.7. The predicted octanol–water partition coefficient (Wildman–Crippen LogP) is 27.8. The largest absolute Gasteiger partial charge is 0.309 e. The van der Waals surface area contributed by atoms with Crippen molar-refractivity contribution in [3.05, 3.63) is 396 Å². The Bertz CT molecular complexity index is 6430. The zero-order chi connectivity index (χ0) is 70.5. The zero-order valence-corrected chi connectivity index (χ0v) is 59.4. The van der Waals surface area contributed by atoms with Gasteiger partial charge in [-0.2, -0.15) is 0 Å². The topological polar surface area (TPSA) is 9.86 Å². The SMILES string of the molecule is C=C1/C=C\C=C/C/C=C\C=C/1n1c2ccccc2c2cc(-c3ccc(/C=C/c4ccc(-c5ccc6c(c5)C(C)(C)c5cc(-c7ccc8c(c7)C(C)(C)c7cc(-c9ccc(/C=C/c%10ccc(-c%11ccc%12c(c%11)c%11ccccc%11n%12-c%11cccc%12ccccc%11%12)cc%10)cc9)ccc7-8)ccc5-6)cc4)cc3)ccc21. The second kappa shape index (κ2) is 25.3. The smallest absolute Gasteiger partial charge is 0.0541 e. The zero-order valence-electron chi connectivity index (χ0n) is 59.4.